The summed E-state index contributed by atoms with van der Waals surface area (Å²) < 4.78 is 7.28. The number of benzene rings is 2. The molecule has 0 aliphatic heterocycles. The van der Waals surface area contributed by atoms with Crippen LogP contribution in [0.15, 0.2) is 54.6 Å². The standard InChI is InChI=1S/C19H17N5O2S/c1-12-7-6-8-14(11-12)16-21-22-19-24(16)23-18(27-19)20-17(25)13(2)26-15-9-4-3-5-10-15/h3-11,13H,1-2H3,(H,20,23,25)/t13-/m0/s1. The number of carbonyl (C=O) groups excluding carboxylic acids is 1. The first-order valence-electron chi connectivity index (χ1n) is 8.42. The van der Waals surface area contributed by atoms with Crippen LogP contribution in [-0.4, -0.2) is 31.8 Å². The zero-order valence-electron chi connectivity index (χ0n) is 14.8. The van der Waals surface area contributed by atoms with Crippen LogP contribution < -0.4 is 10.1 Å². The quantitative estimate of drug-likeness (QED) is 0.573. The number of ether oxygens (including phenoxy) is 1. The third-order valence-corrected chi connectivity index (χ3v) is 4.74. The van der Waals surface area contributed by atoms with Crippen molar-refractivity contribution in [1.29, 1.82) is 0 Å². The first kappa shape index (κ1) is 17.2. The van der Waals surface area contributed by atoms with Crippen LogP contribution in [0.3, 0.4) is 0 Å². The number of nitrogens with zero attached hydrogens (tertiary/aromatic N) is 4. The van der Waals surface area contributed by atoms with E-state index in [4.69, 9.17) is 4.74 Å². The molecule has 8 heteroatoms. The predicted molar refractivity (Wildman–Crippen MR) is 104 cm³/mol. The van der Waals surface area contributed by atoms with Gasteiger partial charge >= 0.3 is 0 Å². The zero-order chi connectivity index (χ0) is 18.8. The lowest BCUT2D eigenvalue weighted by Gasteiger charge is -2.13. The Morgan fingerprint density at radius 1 is 1.15 bits per heavy atom. The van der Waals surface area contributed by atoms with Gasteiger partial charge in [-0.3, -0.25) is 10.1 Å². The molecule has 0 saturated heterocycles. The van der Waals surface area contributed by atoms with Crippen molar-refractivity contribution in [2.45, 2.75) is 20.0 Å². The lowest BCUT2D eigenvalue weighted by atomic mass is 10.1. The number of anilines is 1. The molecule has 4 aromatic rings. The van der Waals surface area contributed by atoms with E-state index < -0.39 is 6.10 Å². The van der Waals surface area contributed by atoms with Gasteiger partial charge < -0.3 is 4.74 Å². The van der Waals surface area contributed by atoms with Crippen molar-refractivity contribution < 1.29 is 9.53 Å². The molecule has 0 fully saturated rings. The average Bonchev–Trinajstić information content (AvgIpc) is 3.22. The number of para-hydroxylation sites is 1. The largest absolute Gasteiger partial charge is 0.481 e. The highest BCUT2D eigenvalue weighted by molar-refractivity contribution is 7.20. The second-order valence-corrected chi connectivity index (χ2v) is 7.01. The Morgan fingerprint density at radius 2 is 1.96 bits per heavy atom. The molecule has 27 heavy (non-hydrogen) atoms. The van der Waals surface area contributed by atoms with Crippen molar-refractivity contribution in [1.82, 2.24) is 19.8 Å². The Hall–Kier alpha value is -3.26. The Morgan fingerprint density at radius 3 is 2.74 bits per heavy atom. The minimum atomic E-state index is -0.655. The molecule has 136 valence electrons. The van der Waals surface area contributed by atoms with Crippen LogP contribution in [0.4, 0.5) is 5.13 Å². The minimum absolute atomic E-state index is 0.277. The summed E-state index contributed by atoms with van der Waals surface area (Å²) in [6.07, 6.45) is -0.655. The summed E-state index contributed by atoms with van der Waals surface area (Å²) in [4.78, 5) is 13.0. The molecule has 0 spiro atoms. The molecular formula is C19H17N5O2S. The van der Waals surface area contributed by atoms with Gasteiger partial charge in [0.15, 0.2) is 11.9 Å². The minimum Gasteiger partial charge on any atom is -0.481 e. The Bertz CT molecular complexity index is 1090. The van der Waals surface area contributed by atoms with Crippen molar-refractivity contribution in [3.63, 3.8) is 0 Å². The number of hydrogen-bond acceptors (Lipinski definition) is 6. The van der Waals surface area contributed by atoms with E-state index in [0.717, 1.165) is 11.1 Å². The van der Waals surface area contributed by atoms with E-state index in [2.05, 4.69) is 20.6 Å². The van der Waals surface area contributed by atoms with Gasteiger partial charge in [-0.2, -0.15) is 4.52 Å². The van der Waals surface area contributed by atoms with Gasteiger partial charge in [-0.15, -0.1) is 15.3 Å². The normalized spacial score (nSPS) is 12.1. The highest BCUT2D eigenvalue weighted by Crippen LogP contribution is 2.25. The van der Waals surface area contributed by atoms with Gasteiger partial charge in [-0.05, 0) is 32.0 Å². The fourth-order valence-electron chi connectivity index (χ4n) is 2.60. The number of hydrogen-bond donors (Lipinski definition) is 1. The molecule has 7 nitrogen and oxygen atoms in total. The fraction of sp³-hybridized carbons (Fsp3) is 0.158. The fourth-order valence-corrected chi connectivity index (χ4v) is 3.34. The first-order chi connectivity index (χ1) is 13.1. The van der Waals surface area contributed by atoms with E-state index in [1.807, 2.05) is 49.4 Å². The molecule has 0 radical (unpaired) electrons. The monoisotopic (exact) mass is 379 g/mol. The predicted octanol–water partition coefficient (Wildman–Crippen LogP) is 3.57. The average molecular weight is 379 g/mol. The van der Waals surface area contributed by atoms with E-state index in [9.17, 15) is 4.79 Å². The molecule has 2 aromatic heterocycles. The van der Waals surface area contributed by atoms with Crippen LogP contribution in [0.25, 0.3) is 16.3 Å². The second kappa shape index (κ2) is 7.16. The van der Waals surface area contributed by atoms with Gasteiger partial charge in [0.1, 0.15) is 5.75 Å². The van der Waals surface area contributed by atoms with E-state index in [-0.39, 0.29) is 5.91 Å². The summed E-state index contributed by atoms with van der Waals surface area (Å²) in [6.45, 7) is 3.71. The maximum atomic E-state index is 12.4. The van der Waals surface area contributed by atoms with E-state index in [1.54, 1.807) is 23.6 Å². The number of aromatic nitrogens is 4. The van der Waals surface area contributed by atoms with E-state index in [0.29, 0.717) is 21.7 Å². The van der Waals surface area contributed by atoms with Gasteiger partial charge in [0.05, 0.1) is 0 Å². The van der Waals surface area contributed by atoms with Crippen LogP contribution in [0.2, 0.25) is 0 Å². The van der Waals surface area contributed by atoms with Gasteiger partial charge in [0, 0.05) is 5.56 Å². The number of carbonyl (C=O) groups is 1. The summed E-state index contributed by atoms with van der Waals surface area (Å²) >= 11 is 1.26. The number of rotatable bonds is 5. The van der Waals surface area contributed by atoms with Crippen LogP contribution >= 0.6 is 11.3 Å². The summed E-state index contributed by atoms with van der Waals surface area (Å²) in [5.41, 5.74) is 2.05. The molecule has 1 amide bonds. The molecule has 0 unspecified atom stereocenters. The molecule has 0 aliphatic carbocycles. The summed E-state index contributed by atoms with van der Waals surface area (Å²) in [5, 5.41) is 16.0. The molecule has 2 heterocycles. The summed E-state index contributed by atoms with van der Waals surface area (Å²) in [7, 11) is 0. The molecule has 0 saturated carbocycles. The molecular weight excluding hydrogens is 362 g/mol. The number of fused-ring (bicyclic) bond motifs is 1. The van der Waals surface area contributed by atoms with Gasteiger partial charge in [0.2, 0.25) is 10.1 Å². The van der Waals surface area contributed by atoms with Crippen molar-refractivity contribution in [3.8, 4) is 17.1 Å². The molecule has 4 rings (SSSR count). The van der Waals surface area contributed by atoms with Crippen LogP contribution in [0.1, 0.15) is 12.5 Å². The summed E-state index contributed by atoms with van der Waals surface area (Å²) in [6, 6.07) is 17.2. The highest BCUT2D eigenvalue weighted by Gasteiger charge is 2.19. The highest BCUT2D eigenvalue weighted by atomic mass is 32.1. The lowest BCUT2D eigenvalue weighted by molar-refractivity contribution is -0.122. The Balaban J connectivity index is 1.52. The lowest BCUT2D eigenvalue weighted by Crippen LogP contribution is -2.30. The maximum Gasteiger partial charge on any atom is 0.266 e. The van der Waals surface area contributed by atoms with Crippen molar-refractivity contribution >= 4 is 27.3 Å². The Kier molecular flexibility index (Phi) is 4.55. The van der Waals surface area contributed by atoms with Crippen LogP contribution in [-0.2, 0) is 4.79 Å². The zero-order valence-corrected chi connectivity index (χ0v) is 15.6. The molecule has 0 bridgehead atoms. The maximum absolute atomic E-state index is 12.4. The summed E-state index contributed by atoms with van der Waals surface area (Å²) in [5.74, 6) is 1.000. The molecule has 2 aromatic carbocycles. The Labute approximate surface area is 159 Å². The molecule has 0 aliphatic rings. The third kappa shape index (κ3) is 3.65. The van der Waals surface area contributed by atoms with Crippen LogP contribution in [0, 0.1) is 6.92 Å². The van der Waals surface area contributed by atoms with Gasteiger partial charge in [-0.25, -0.2) is 0 Å². The third-order valence-electron chi connectivity index (χ3n) is 3.92. The van der Waals surface area contributed by atoms with E-state index in [1.165, 1.54) is 11.3 Å². The van der Waals surface area contributed by atoms with Crippen molar-refractivity contribution in [2.24, 2.45) is 0 Å². The van der Waals surface area contributed by atoms with Gasteiger partial charge in [0.25, 0.3) is 5.91 Å². The topological polar surface area (TPSA) is 81.4 Å². The number of amides is 1. The van der Waals surface area contributed by atoms with Gasteiger partial charge in [-0.1, -0.05) is 53.3 Å². The van der Waals surface area contributed by atoms with E-state index >= 15 is 0 Å². The van der Waals surface area contributed by atoms with Crippen molar-refractivity contribution in [3.05, 3.63) is 60.2 Å². The second-order valence-electron chi connectivity index (χ2n) is 6.06. The molecule has 1 N–H and O–H groups in total. The van der Waals surface area contributed by atoms with Crippen molar-refractivity contribution in [2.75, 3.05) is 5.32 Å². The number of aryl methyl sites for hydroxylation is 1. The van der Waals surface area contributed by atoms with Crippen LogP contribution in [0.5, 0.6) is 5.75 Å². The first-order valence-corrected chi connectivity index (χ1v) is 9.23. The number of nitrogens with one attached hydrogen (secondary N) is 1. The molecule has 1 atom stereocenters. The SMILES string of the molecule is Cc1cccc(-c2nnc3sc(NC(=O)[C@H](C)Oc4ccccc4)nn23)c1. The smallest absolute Gasteiger partial charge is 0.266 e.